The maximum atomic E-state index is 12.5. The Kier molecular flexibility index (Phi) is 6.02. The highest BCUT2D eigenvalue weighted by molar-refractivity contribution is 5.85. The zero-order valence-corrected chi connectivity index (χ0v) is 13.9. The van der Waals surface area contributed by atoms with Gasteiger partial charge < -0.3 is 16.0 Å². The van der Waals surface area contributed by atoms with E-state index in [2.05, 4.69) is 5.32 Å². The summed E-state index contributed by atoms with van der Waals surface area (Å²) in [6.45, 7) is 1.32. The van der Waals surface area contributed by atoms with Crippen molar-refractivity contribution in [3.8, 4) is 0 Å². The Morgan fingerprint density at radius 2 is 1.70 bits per heavy atom. The first-order valence-electron chi connectivity index (χ1n) is 8.05. The maximum absolute atomic E-state index is 12.5. The van der Waals surface area contributed by atoms with Crippen LogP contribution in [0.2, 0.25) is 0 Å². The van der Waals surface area contributed by atoms with Gasteiger partial charge in [-0.3, -0.25) is 9.59 Å². The van der Waals surface area contributed by atoms with Crippen LogP contribution in [-0.2, 0) is 9.59 Å². The van der Waals surface area contributed by atoms with Gasteiger partial charge in [-0.25, -0.2) is 0 Å². The Hall–Kier alpha value is -1.59. The van der Waals surface area contributed by atoms with Crippen LogP contribution < -0.4 is 11.1 Å². The van der Waals surface area contributed by atoms with E-state index >= 15 is 0 Å². The molecule has 1 aliphatic heterocycles. The molecule has 3 N–H and O–H groups in total. The van der Waals surface area contributed by atoms with E-state index < -0.39 is 6.04 Å². The minimum atomic E-state index is -0.598. The fraction of sp³-hybridized carbons (Fsp3) is 0.529. The second-order valence-electron chi connectivity index (χ2n) is 6.27. The zero-order chi connectivity index (χ0) is 15.5. The van der Waals surface area contributed by atoms with E-state index in [1.807, 2.05) is 35.2 Å². The number of piperidine rings is 1. The van der Waals surface area contributed by atoms with E-state index in [-0.39, 0.29) is 36.2 Å². The summed E-state index contributed by atoms with van der Waals surface area (Å²) in [6.07, 6.45) is 3.67. The lowest BCUT2D eigenvalue weighted by atomic mass is 10.0. The van der Waals surface area contributed by atoms with Crippen molar-refractivity contribution in [2.24, 2.45) is 11.7 Å². The summed E-state index contributed by atoms with van der Waals surface area (Å²) in [6, 6.07) is 9.05. The van der Waals surface area contributed by atoms with Crippen molar-refractivity contribution in [3.05, 3.63) is 35.9 Å². The molecular weight excluding hydrogens is 314 g/mol. The summed E-state index contributed by atoms with van der Waals surface area (Å²) in [7, 11) is 0. The highest BCUT2D eigenvalue weighted by atomic mass is 35.5. The Labute approximate surface area is 143 Å². The molecule has 0 aromatic heterocycles. The first-order chi connectivity index (χ1) is 10.6. The molecule has 6 heteroatoms. The lowest BCUT2D eigenvalue weighted by Gasteiger charge is -2.34. The molecule has 2 fully saturated rings. The van der Waals surface area contributed by atoms with Crippen molar-refractivity contribution < 1.29 is 9.59 Å². The Balaban J connectivity index is 0.00000192. The van der Waals surface area contributed by atoms with E-state index in [0.717, 1.165) is 31.2 Å². The highest BCUT2D eigenvalue weighted by Crippen LogP contribution is 2.29. The van der Waals surface area contributed by atoms with Gasteiger partial charge in [0.25, 0.3) is 0 Å². The molecule has 1 saturated carbocycles. The molecule has 1 heterocycles. The molecule has 1 aliphatic carbocycles. The SMILES string of the molecule is Cl.NC(C(=O)N1CCC(NC(=O)C2CC2)CC1)c1ccccc1. The van der Waals surface area contributed by atoms with Crippen molar-refractivity contribution >= 4 is 24.2 Å². The van der Waals surface area contributed by atoms with Gasteiger partial charge in [-0.1, -0.05) is 30.3 Å². The molecule has 2 aliphatic rings. The van der Waals surface area contributed by atoms with E-state index in [1.165, 1.54) is 0 Å². The molecule has 3 rings (SSSR count). The lowest BCUT2D eigenvalue weighted by molar-refractivity contribution is -0.134. The molecule has 0 radical (unpaired) electrons. The van der Waals surface area contributed by atoms with Crippen LogP contribution in [0.25, 0.3) is 0 Å². The minimum Gasteiger partial charge on any atom is -0.353 e. The number of carbonyl (C=O) groups excluding carboxylic acids is 2. The molecule has 23 heavy (non-hydrogen) atoms. The van der Waals surface area contributed by atoms with Crippen LogP contribution in [0.5, 0.6) is 0 Å². The average molecular weight is 338 g/mol. The molecule has 1 saturated heterocycles. The topological polar surface area (TPSA) is 75.4 Å². The van der Waals surface area contributed by atoms with Gasteiger partial charge in [-0.15, -0.1) is 12.4 Å². The third-order valence-electron chi connectivity index (χ3n) is 4.53. The van der Waals surface area contributed by atoms with E-state index in [9.17, 15) is 9.59 Å². The van der Waals surface area contributed by atoms with Gasteiger partial charge in [0.05, 0.1) is 0 Å². The summed E-state index contributed by atoms with van der Waals surface area (Å²) < 4.78 is 0. The predicted octanol–water partition coefficient (Wildman–Crippen LogP) is 1.63. The number of nitrogens with one attached hydrogen (secondary N) is 1. The van der Waals surface area contributed by atoms with Crippen molar-refractivity contribution in [2.75, 3.05) is 13.1 Å². The van der Waals surface area contributed by atoms with Gasteiger partial charge in [0.15, 0.2) is 0 Å². The number of halogens is 1. The molecule has 5 nitrogen and oxygen atoms in total. The first kappa shape index (κ1) is 17.8. The summed E-state index contributed by atoms with van der Waals surface area (Å²) in [5.41, 5.74) is 6.92. The van der Waals surface area contributed by atoms with Crippen molar-refractivity contribution in [1.29, 1.82) is 0 Å². The third-order valence-corrected chi connectivity index (χ3v) is 4.53. The summed E-state index contributed by atoms with van der Waals surface area (Å²) >= 11 is 0. The fourth-order valence-corrected chi connectivity index (χ4v) is 2.91. The van der Waals surface area contributed by atoms with Crippen LogP contribution in [0.15, 0.2) is 30.3 Å². The summed E-state index contributed by atoms with van der Waals surface area (Å²) in [5, 5.41) is 3.09. The van der Waals surface area contributed by atoms with Crippen LogP contribution in [0, 0.1) is 5.92 Å². The van der Waals surface area contributed by atoms with Gasteiger partial charge in [0, 0.05) is 25.0 Å². The molecule has 1 aromatic rings. The van der Waals surface area contributed by atoms with Gasteiger partial charge in [0.2, 0.25) is 11.8 Å². The van der Waals surface area contributed by atoms with Gasteiger partial charge in [0.1, 0.15) is 6.04 Å². The Bertz CT molecular complexity index is 540. The van der Waals surface area contributed by atoms with E-state index in [1.54, 1.807) is 0 Å². The van der Waals surface area contributed by atoms with Crippen molar-refractivity contribution in [1.82, 2.24) is 10.2 Å². The average Bonchev–Trinajstić information content (AvgIpc) is 3.40. The number of hydrogen-bond donors (Lipinski definition) is 2. The second-order valence-corrected chi connectivity index (χ2v) is 6.27. The smallest absolute Gasteiger partial charge is 0.244 e. The van der Waals surface area contributed by atoms with E-state index in [0.29, 0.717) is 13.1 Å². The molecule has 0 bridgehead atoms. The number of rotatable bonds is 4. The Morgan fingerprint density at radius 1 is 1.09 bits per heavy atom. The molecule has 1 unspecified atom stereocenters. The monoisotopic (exact) mass is 337 g/mol. The number of hydrogen-bond acceptors (Lipinski definition) is 3. The zero-order valence-electron chi connectivity index (χ0n) is 13.1. The van der Waals surface area contributed by atoms with Gasteiger partial charge in [-0.05, 0) is 31.2 Å². The Morgan fingerprint density at radius 3 is 2.26 bits per heavy atom. The highest BCUT2D eigenvalue weighted by Gasteiger charge is 2.33. The maximum Gasteiger partial charge on any atom is 0.244 e. The number of amides is 2. The first-order valence-corrected chi connectivity index (χ1v) is 8.05. The van der Waals surface area contributed by atoms with Gasteiger partial charge >= 0.3 is 0 Å². The number of nitrogens with zero attached hydrogens (tertiary/aromatic N) is 1. The fourth-order valence-electron chi connectivity index (χ4n) is 2.91. The van der Waals surface area contributed by atoms with Crippen molar-refractivity contribution in [2.45, 2.75) is 37.8 Å². The van der Waals surface area contributed by atoms with Crippen LogP contribution in [0.4, 0.5) is 0 Å². The van der Waals surface area contributed by atoms with Gasteiger partial charge in [-0.2, -0.15) is 0 Å². The molecule has 2 amide bonds. The molecule has 1 atom stereocenters. The van der Waals surface area contributed by atoms with Crippen LogP contribution >= 0.6 is 12.4 Å². The molecular formula is C17H24ClN3O2. The van der Waals surface area contributed by atoms with E-state index in [4.69, 9.17) is 5.73 Å². The predicted molar refractivity (Wildman–Crippen MR) is 91.1 cm³/mol. The van der Waals surface area contributed by atoms with Crippen LogP contribution in [0.3, 0.4) is 0 Å². The number of benzene rings is 1. The van der Waals surface area contributed by atoms with Crippen molar-refractivity contribution in [3.63, 3.8) is 0 Å². The second kappa shape index (κ2) is 7.79. The third kappa shape index (κ3) is 4.45. The minimum absolute atomic E-state index is 0. The quantitative estimate of drug-likeness (QED) is 0.876. The summed E-state index contributed by atoms with van der Waals surface area (Å²) in [5.74, 6) is 0.398. The standard InChI is InChI=1S/C17H23N3O2.ClH/c18-15(12-4-2-1-3-5-12)17(22)20-10-8-14(9-11-20)19-16(21)13-6-7-13;/h1-5,13-15H,6-11,18H2,(H,19,21);1H. The summed E-state index contributed by atoms with van der Waals surface area (Å²) in [4.78, 5) is 26.0. The number of carbonyl (C=O) groups is 2. The molecule has 126 valence electrons. The molecule has 0 spiro atoms. The lowest BCUT2D eigenvalue weighted by Crippen LogP contribution is -2.49. The normalized spacial score (nSPS) is 19.6. The number of likely N-dealkylation sites (tertiary alicyclic amines) is 1. The largest absolute Gasteiger partial charge is 0.353 e. The molecule has 1 aromatic carbocycles. The van der Waals surface area contributed by atoms with Crippen LogP contribution in [0.1, 0.15) is 37.3 Å². The number of nitrogens with two attached hydrogens (primary N) is 1. The van der Waals surface area contributed by atoms with Crippen LogP contribution in [-0.4, -0.2) is 35.8 Å².